The molecule has 2 nitrogen and oxygen atoms in total. The second-order valence-electron chi connectivity index (χ2n) is 6.98. The normalized spacial score (nSPS) is 11.3. The van der Waals surface area contributed by atoms with Crippen LogP contribution in [0.4, 0.5) is 0 Å². The van der Waals surface area contributed by atoms with Gasteiger partial charge in [0.2, 0.25) is 6.33 Å². The smallest absolute Gasteiger partial charge is 0.237 e. The minimum absolute atomic E-state index is 1.19. The first-order valence-corrected chi connectivity index (χ1v) is 9.68. The highest BCUT2D eigenvalue weighted by atomic mass is 15.1. The third-order valence-electron chi connectivity index (χ3n) is 5.05. The van der Waals surface area contributed by atoms with E-state index in [0.29, 0.717) is 0 Å². The van der Waals surface area contributed by atoms with Gasteiger partial charge in [-0.25, -0.2) is 9.13 Å². The van der Waals surface area contributed by atoms with Crippen LogP contribution in [0.3, 0.4) is 0 Å². The number of unbranched alkanes of at least 4 members (excludes halogenated alkanes) is 11. The van der Waals surface area contributed by atoms with Crippen molar-refractivity contribution in [2.24, 2.45) is 7.05 Å². The first kappa shape index (κ1) is 19.3. The standard InChI is InChI=1S/C20H39N2/c1-5-6-7-8-9-10-11-12-13-14-15-16-17-22-18-21(4)19(2)20(22)3/h18H,5-17H2,1-4H3/q+1. The van der Waals surface area contributed by atoms with Gasteiger partial charge in [-0.1, -0.05) is 71.1 Å². The molecule has 2 heteroatoms. The molecule has 1 rings (SSSR count). The Morgan fingerprint density at radius 1 is 0.773 bits per heavy atom. The molecule has 0 aliphatic carbocycles. The zero-order valence-electron chi connectivity index (χ0n) is 15.7. The summed E-state index contributed by atoms with van der Waals surface area (Å²) in [6, 6.07) is 0. The van der Waals surface area contributed by atoms with Gasteiger partial charge in [-0.3, -0.25) is 0 Å². The summed E-state index contributed by atoms with van der Waals surface area (Å²) in [7, 11) is 2.14. The van der Waals surface area contributed by atoms with Gasteiger partial charge < -0.3 is 0 Å². The molecule has 22 heavy (non-hydrogen) atoms. The zero-order chi connectivity index (χ0) is 16.2. The predicted molar refractivity (Wildman–Crippen MR) is 96.2 cm³/mol. The van der Waals surface area contributed by atoms with E-state index in [4.69, 9.17) is 0 Å². The highest BCUT2D eigenvalue weighted by Gasteiger charge is 2.12. The van der Waals surface area contributed by atoms with Crippen molar-refractivity contribution in [3.05, 3.63) is 17.7 Å². The van der Waals surface area contributed by atoms with E-state index in [-0.39, 0.29) is 0 Å². The number of imidazole rings is 1. The molecule has 0 aliphatic heterocycles. The van der Waals surface area contributed by atoms with Gasteiger partial charge in [-0.05, 0) is 12.8 Å². The highest BCUT2D eigenvalue weighted by Crippen LogP contribution is 2.12. The summed E-state index contributed by atoms with van der Waals surface area (Å²) in [6.07, 6.45) is 19.3. The molecule has 0 saturated heterocycles. The third kappa shape index (κ3) is 7.47. The van der Waals surface area contributed by atoms with Crippen molar-refractivity contribution in [1.29, 1.82) is 0 Å². The Kier molecular flexibility index (Phi) is 10.3. The average Bonchev–Trinajstić information content (AvgIpc) is 2.75. The number of nitrogens with zero attached hydrogens (tertiary/aromatic N) is 2. The van der Waals surface area contributed by atoms with Crippen molar-refractivity contribution in [1.82, 2.24) is 4.57 Å². The van der Waals surface area contributed by atoms with Crippen LogP contribution in [0.5, 0.6) is 0 Å². The first-order valence-electron chi connectivity index (χ1n) is 9.68. The van der Waals surface area contributed by atoms with Gasteiger partial charge in [-0.15, -0.1) is 0 Å². The van der Waals surface area contributed by atoms with Crippen LogP contribution in [-0.2, 0) is 13.6 Å². The van der Waals surface area contributed by atoms with Gasteiger partial charge in [-0.2, -0.15) is 0 Å². The maximum absolute atomic E-state index is 2.41. The molecule has 0 fully saturated rings. The van der Waals surface area contributed by atoms with Gasteiger partial charge in [0.25, 0.3) is 0 Å². The zero-order valence-corrected chi connectivity index (χ0v) is 15.7. The SMILES string of the molecule is CCCCCCCCCCCCCCn1c[n+](C)c(C)c1C. The van der Waals surface area contributed by atoms with Crippen molar-refractivity contribution in [3.63, 3.8) is 0 Å². The number of rotatable bonds is 13. The monoisotopic (exact) mass is 307 g/mol. The van der Waals surface area contributed by atoms with Crippen LogP contribution in [0.2, 0.25) is 0 Å². The third-order valence-corrected chi connectivity index (χ3v) is 5.05. The highest BCUT2D eigenvalue weighted by molar-refractivity contribution is 5.02. The molecule has 0 amide bonds. The van der Waals surface area contributed by atoms with E-state index in [1.807, 2.05) is 0 Å². The Morgan fingerprint density at radius 2 is 1.23 bits per heavy atom. The van der Waals surface area contributed by atoms with Crippen LogP contribution < -0.4 is 4.57 Å². The van der Waals surface area contributed by atoms with Crippen LogP contribution >= 0.6 is 0 Å². The fraction of sp³-hybridized carbons (Fsp3) is 0.850. The van der Waals surface area contributed by atoms with Crippen LogP contribution in [0, 0.1) is 13.8 Å². The molecule has 1 aromatic heterocycles. The van der Waals surface area contributed by atoms with Crippen molar-refractivity contribution in [3.8, 4) is 0 Å². The van der Waals surface area contributed by atoms with E-state index in [1.54, 1.807) is 0 Å². The molecule has 0 radical (unpaired) electrons. The number of aryl methyl sites for hydroxylation is 2. The van der Waals surface area contributed by atoms with Gasteiger partial charge in [0, 0.05) is 13.8 Å². The maximum atomic E-state index is 2.41. The molecule has 128 valence electrons. The van der Waals surface area contributed by atoms with Gasteiger partial charge in [0.15, 0.2) is 0 Å². The van der Waals surface area contributed by atoms with E-state index in [2.05, 4.69) is 43.3 Å². The lowest BCUT2D eigenvalue weighted by Crippen LogP contribution is -2.28. The Hall–Kier alpha value is -0.790. The maximum Gasteiger partial charge on any atom is 0.243 e. The second-order valence-corrected chi connectivity index (χ2v) is 6.98. The fourth-order valence-corrected chi connectivity index (χ4v) is 3.19. The van der Waals surface area contributed by atoms with Crippen LogP contribution in [0.25, 0.3) is 0 Å². The van der Waals surface area contributed by atoms with Gasteiger partial charge in [0.05, 0.1) is 13.6 Å². The molecule has 0 unspecified atom stereocenters. The summed E-state index contributed by atoms with van der Waals surface area (Å²) in [6.45, 7) is 7.91. The Morgan fingerprint density at radius 3 is 1.64 bits per heavy atom. The van der Waals surface area contributed by atoms with E-state index in [1.165, 1.54) is 95.0 Å². The van der Waals surface area contributed by atoms with E-state index >= 15 is 0 Å². The van der Waals surface area contributed by atoms with Crippen molar-refractivity contribution in [2.75, 3.05) is 0 Å². The Balaban J connectivity index is 1.90. The second kappa shape index (κ2) is 11.7. The molecule has 0 spiro atoms. The lowest BCUT2D eigenvalue weighted by molar-refractivity contribution is -0.677. The quantitative estimate of drug-likeness (QED) is 0.330. The number of hydrogen-bond donors (Lipinski definition) is 0. The van der Waals surface area contributed by atoms with Crippen molar-refractivity contribution in [2.45, 2.75) is 104 Å². The van der Waals surface area contributed by atoms with Crippen LogP contribution in [-0.4, -0.2) is 4.57 Å². The minimum atomic E-state index is 1.19. The molecule has 0 atom stereocenters. The molecule has 1 aromatic rings. The summed E-state index contributed by atoms with van der Waals surface area (Å²) in [5, 5.41) is 0. The minimum Gasteiger partial charge on any atom is -0.237 e. The average molecular weight is 308 g/mol. The largest absolute Gasteiger partial charge is 0.243 e. The Labute approximate surface area is 138 Å². The topological polar surface area (TPSA) is 8.81 Å². The first-order chi connectivity index (χ1) is 10.7. The van der Waals surface area contributed by atoms with Crippen LogP contribution in [0.1, 0.15) is 95.4 Å². The molecular weight excluding hydrogens is 268 g/mol. The lowest BCUT2D eigenvalue weighted by atomic mass is 10.1. The summed E-state index contributed by atoms with van der Waals surface area (Å²) >= 11 is 0. The molecule has 0 saturated carbocycles. The molecule has 0 bridgehead atoms. The van der Waals surface area contributed by atoms with Crippen molar-refractivity contribution >= 4 is 0 Å². The molecule has 1 heterocycles. The van der Waals surface area contributed by atoms with Crippen LogP contribution in [0.15, 0.2) is 6.33 Å². The van der Waals surface area contributed by atoms with E-state index in [0.717, 1.165) is 0 Å². The molecular formula is C20H39N2+. The summed E-state index contributed by atoms with van der Waals surface area (Å²) in [4.78, 5) is 0. The summed E-state index contributed by atoms with van der Waals surface area (Å²) in [5.74, 6) is 0. The molecule has 0 N–H and O–H groups in total. The predicted octanol–water partition coefficient (Wildman–Crippen LogP) is 5.63. The lowest BCUT2D eigenvalue weighted by Gasteiger charge is -2.02. The van der Waals surface area contributed by atoms with Gasteiger partial charge >= 0.3 is 0 Å². The van der Waals surface area contributed by atoms with Gasteiger partial charge in [0.1, 0.15) is 11.4 Å². The van der Waals surface area contributed by atoms with E-state index < -0.39 is 0 Å². The Bertz CT molecular complexity index is 393. The van der Waals surface area contributed by atoms with E-state index in [9.17, 15) is 0 Å². The molecule has 0 aliphatic rings. The van der Waals surface area contributed by atoms with Crippen molar-refractivity contribution < 1.29 is 4.57 Å². The number of aromatic nitrogens is 2. The number of hydrogen-bond acceptors (Lipinski definition) is 0. The summed E-state index contributed by atoms with van der Waals surface area (Å²) < 4.78 is 4.64. The molecule has 0 aromatic carbocycles. The fourth-order valence-electron chi connectivity index (χ4n) is 3.19. The summed E-state index contributed by atoms with van der Waals surface area (Å²) in [5.41, 5.74) is 2.81.